The van der Waals surface area contributed by atoms with E-state index in [1.807, 2.05) is 42.5 Å². The first-order chi connectivity index (χ1) is 12.3. The molecular weight excluding hydrogens is 336 g/mol. The van der Waals surface area contributed by atoms with Crippen molar-refractivity contribution in [2.24, 2.45) is 4.99 Å². The molecule has 1 aliphatic heterocycles. The van der Waals surface area contributed by atoms with Crippen molar-refractivity contribution in [2.75, 3.05) is 14.2 Å². The molecule has 0 fully saturated rings. The summed E-state index contributed by atoms with van der Waals surface area (Å²) in [4.78, 5) is 10.3. The van der Waals surface area contributed by atoms with Gasteiger partial charge in [0.05, 0.1) is 24.8 Å². The van der Waals surface area contributed by atoms with Crippen molar-refractivity contribution in [1.82, 2.24) is 4.98 Å². The maximum atomic E-state index is 5.82. The normalized spacial score (nSPS) is 12.4. The van der Waals surface area contributed by atoms with Crippen LogP contribution in [-0.4, -0.2) is 25.4 Å². The molecule has 6 heteroatoms. The van der Waals surface area contributed by atoms with Crippen molar-refractivity contribution < 1.29 is 14.2 Å². The summed E-state index contributed by atoms with van der Waals surface area (Å²) in [6.45, 7) is 0.505. The Hall–Kier alpha value is -2.86. The van der Waals surface area contributed by atoms with Crippen molar-refractivity contribution in [1.29, 1.82) is 0 Å². The Labute approximate surface area is 149 Å². The quantitative estimate of drug-likeness (QED) is 0.650. The van der Waals surface area contributed by atoms with Crippen LogP contribution in [0.4, 0.5) is 5.13 Å². The molecular formula is C19H16N2O3S. The van der Waals surface area contributed by atoms with E-state index in [1.54, 1.807) is 31.8 Å². The Morgan fingerprint density at radius 1 is 1.08 bits per heavy atom. The predicted octanol–water partition coefficient (Wildman–Crippen LogP) is 4.47. The van der Waals surface area contributed by atoms with E-state index in [0.717, 1.165) is 38.9 Å². The number of rotatable bonds is 4. The second-order valence-electron chi connectivity index (χ2n) is 5.45. The van der Waals surface area contributed by atoms with E-state index in [-0.39, 0.29) is 0 Å². The van der Waals surface area contributed by atoms with Crippen LogP contribution in [0.3, 0.4) is 0 Å². The summed E-state index contributed by atoms with van der Waals surface area (Å²) in [5.41, 5.74) is 2.91. The molecule has 0 spiro atoms. The summed E-state index contributed by atoms with van der Waals surface area (Å²) in [5.74, 6) is 2.39. The zero-order valence-corrected chi connectivity index (χ0v) is 14.7. The molecule has 1 aliphatic rings. The number of aromatic nitrogens is 1. The number of ether oxygens (including phenoxy) is 3. The average molecular weight is 352 g/mol. The van der Waals surface area contributed by atoms with Gasteiger partial charge in [-0.3, -0.25) is 0 Å². The van der Waals surface area contributed by atoms with Gasteiger partial charge in [-0.05, 0) is 42.0 Å². The van der Waals surface area contributed by atoms with Crippen LogP contribution < -0.4 is 14.2 Å². The molecule has 4 rings (SSSR count). The predicted molar refractivity (Wildman–Crippen MR) is 98.7 cm³/mol. The van der Waals surface area contributed by atoms with E-state index in [9.17, 15) is 0 Å². The van der Waals surface area contributed by atoms with Gasteiger partial charge in [0.1, 0.15) is 23.9 Å². The lowest BCUT2D eigenvalue weighted by Gasteiger charge is -2.16. The minimum absolute atomic E-state index is 0.505. The Balaban J connectivity index is 1.61. The number of fused-ring (bicyclic) bond motifs is 3. The van der Waals surface area contributed by atoms with Crippen molar-refractivity contribution in [3.05, 3.63) is 52.9 Å². The number of benzene rings is 2. The Morgan fingerprint density at radius 2 is 1.84 bits per heavy atom. The van der Waals surface area contributed by atoms with Crippen molar-refractivity contribution in [3.8, 4) is 28.5 Å². The Bertz CT molecular complexity index is 932. The Kier molecular flexibility index (Phi) is 4.11. The third-order valence-electron chi connectivity index (χ3n) is 3.93. The van der Waals surface area contributed by atoms with Crippen molar-refractivity contribution in [3.63, 3.8) is 0 Å². The number of methoxy groups -OCH3 is 2. The van der Waals surface area contributed by atoms with Gasteiger partial charge in [0, 0.05) is 17.8 Å². The molecule has 126 valence electrons. The minimum Gasteiger partial charge on any atom is -0.497 e. The minimum atomic E-state index is 0.505. The van der Waals surface area contributed by atoms with Gasteiger partial charge >= 0.3 is 0 Å². The van der Waals surface area contributed by atoms with Crippen LogP contribution in [0.1, 0.15) is 10.4 Å². The smallest absolute Gasteiger partial charge is 0.210 e. The van der Waals surface area contributed by atoms with Crippen LogP contribution in [0.25, 0.3) is 11.3 Å². The highest BCUT2D eigenvalue weighted by molar-refractivity contribution is 7.15. The molecule has 0 radical (unpaired) electrons. The number of hydrogen-bond acceptors (Lipinski definition) is 6. The first-order valence-corrected chi connectivity index (χ1v) is 8.57. The van der Waals surface area contributed by atoms with E-state index in [1.165, 1.54) is 0 Å². The number of nitrogens with zero attached hydrogens (tertiary/aromatic N) is 2. The summed E-state index contributed by atoms with van der Waals surface area (Å²) in [5, 5.41) is 0.716. The molecule has 0 bridgehead atoms. The monoisotopic (exact) mass is 352 g/mol. The molecule has 0 amide bonds. The number of aliphatic imine (C=N–C) groups is 1. The van der Waals surface area contributed by atoms with Crippen molar-refractivity contribution >= 4 is 22.7 Å². The van der Waals surface area contributed by atoms with Gasteiger partial charge in [-0.2, -0.15) is 0 Å². The van der Waals surface area contributed by atoms with Crippen molar-refractivity contribution in [2.45, 2.75) is 6.61 Å². The molecule has 0 saturated carbocycles. The van der Waals surface area contributed by atoms with E-state index >= 15 is 0 Å². The van der Waals surface area contributed by atoms with E-state index < -0.39 is 0 Å². The highest BCUT2D eigenvalue weighted by Gasteiger charge is 2.22. The Morgan fingerprint density at radius 3 is 2.60 bits per heavy atom. The summed E-state index contributed by atoms with van der Waals surface area (Å²) in [6, 6.07) is 13.5. The summed E-state index contributed by atoms with van der Waals surface area (Å²) in [6.07, 6.45) is 1.81. The average Bonchev–Trinajstić information content (AvgIpc) is 3.09. The molecule has 0 unspecified atom stereocenters. The molecule has 3 aromatic rings. The van der Waals surface area contributed by atoms with E-state index in [0.29, 0.717) is 11.7 Å². The van der Waals surface area contributed by atoms with Crippen LogP contribution in [-0.2, 0) is 6.61 Å². The number of thiazole rings is 1. The van der Waals surface area contributed by atoms with Gasteiger partial charge in [0.15, 0.2) is 0 Å². The van der Waals surface area contributed by atoms with Crippen LogP contribution in [0.15, 0.2) is 47.5 Å². The zero-order valence-electron chi connectivity index (χ0n) is 13.9. The third-order valence-corrected chi connectivity index (χ3v) is 4.87. The van der Waals surface area contributed by atoms with Crippen LogP contribution >= 0.6 is 11.3 Å². The first-order valence-electron chi connectivity index (χ1n) is 7.76. The second-order valence-corrected chi connectivity index (χ2v) is 6.51. The van der Waals surface area contributed by atoms with Gasteiger partial charge in [0.2, 0.25) is 5.13 Å². The van der Waals surface area contributed by atoms with Gasteiger partial charge in [-0.15, -0.1) is 0 Å². The fourth-order valence-corrected chi connectivity index (χ4v) is 3.44. The molecule has 0 aliphatic carbocycles. The molecule has 0 atom stereocenters. The van der Waals surface area contributed by atoms with E-state index in [4.69, 9.17) is 14.2 Å². The lowest BCUT2D eigenvalue weighted by atomic mass is 10.1. The fourth-order valence-electron chi connectivity index (χ4n) is 2.61. The third kappa shape index (κ3) is 3.08. The molecule has 1 aromatic heterocycles. The molecule has 0 saturated heterocycles. The SMILES string of the molecule is COc1ccc(C=Nc2nc3c(s2)COc2cc(OC)ccc2-3)cc1. The molecule has 2 heterocycles. The number of hydrogen-bond donors (Lipinski definition) is 0. The van der Waals surface area contributed by atoms with E-state index in [2.05, 4.69) is 9.98 Å². The van der Waals surface area contributed by atoms with Gasteiger partial charge in [0.25, 0.3) is 0 Å². The standard InChI is InChI=1S/C19H16N2O3S/c1-22-13-5-3-12(4-6-13)10-20-19-21-18-15-8-7-14(23-2)9-16(15)24-11-17(18)25-19/h3-10H,11H2,1-2H3. The molecule has 2 aromatic carbocycles. The van der Waals surface area contributed by atoms with Gasteiger partial charge in [-0.25, -0.2) is 9.98 Å². The van der Waals surface area contributed by atoms with Crippen LogP contribution in [0.2, 0.25) is 0 Å². The lowest BCUT2D eigenvalue weighted by Crippen LogP contribution is -2.03. The van der Waals surface area contributed by atoms with Crippen LogP contribution in [0.5, 0.6) is 17.2 Å². The first kappa shape index (κ1) is 15.7. The van der Waals surface area contributed by atoms with Crippen LogP contribution in [0, 0.1) is 0 Å². The topological polar surface area (TPSA) is 52.9 Å². The molecule has 25 heavy (non-hydrogen) atoms. The lowest BCUT2D eigenvalue weighted by molar-refractivity contribution is 0.303. The maximum Gasteiger partial charge on any atom is 0.210 e. The highest BCUT2D eigenvalue weighted by Crippen LogP contribution is 2.42. The maximum absolute atomic E-state index is 5.82. The van der Waals surface area contributed by atoms with Gasteiger partial charge in [-0.1, -0.05) is 11.3 Å². The fraction of sp³-hybridized carbons (Fsp3) is 0.158. The molecule has 0 N–H and O–H groups in total. The van der Waals surface area contributed by atoms with Gasteiger partial charge < -0.3 is 14.2 Å². The summed E-state index contributed by atoms with van der Waals surface area (Å²) < 4.78 is 16.2. The molecule has 5 nitrogen and oxygen atoms in total. The summed E-state index contributed by atoms with van der Waals surface area (Å²) >= 11 is 1.55. The largest absolute Gasteiger partial charge is 0.497 e. The highest BCUT2D eigenvalue weighted by atomic mass is 32.1. The second kappa shape index (κ2) is 6.57. The summed E-state index contributed by atoms with van der Waals surface area (Å²) in [7, 11) is 3.30. The zero-order chi connectivity index (χ0) is 17.2.